The van der Waals surface area contributed by atoms with Gasteiger partial charge in [0.05, 0.1) is 22.7 Å². The zero-order valence-electron chi connectivity index (χ0n) is 11.2. The van der Waals surface area contributed by atoms with Gasteiger partial charge in [-0.25, -0.2) is 4.79 Å². The van der Waals surface area contributed by atoms with Crippen molar-refractivity contribution in [2.24, 2.45) is 0 Å². The van der Waals surface area contributed by atoms with Gasteiger partial charge in [0.1, 0.15) is 6.29 Å². The quantitative estimate of drug-likeness (QED) is 0.451. The van der Waals surface area contributed by atoms with E-state index < -0.39 is 5.97 Å². The van der Waals surface area contributed by atoms with Crippen LogP contribution in [0.5, 0.6) is 11.5 Å². The van der Waals surface area contributed by atoms with Crippen LogP contribution in [0.1, 0.15) is 20.7 Å². The molecule has 114 valence electrons. The molecule has 7 heteroatoms. The Bertz CT molecular complexity index is 744. The number of methoxy groups -OCH3 is 1. The number of carbonyl (C=O) groups excluding carboxylic acids is 2. The standard InChI is InChI=1S/C15H9Cl3O4/c1-21-13-5-8(7-19)4-12(18)14(13)22-15(20)10-3-2-9(16)6-11(10)17/h2-7H,1H3. The molecule has 0 aromatic heterocycles. The monoisotopic (exact) mass is 358 g/mol. The lowest BCUT2D eigenvalue weighted by molar-refractivity contribution is 0.0730. The van der Waals surface area contributed by atoms with Crippen LogP contribution in [-0.2, 0) is 0 Å². The van der Waals surface area contributed by atoms with E-state index in [0.717, 1.165) is 0 Å². The van der Waals surface area contributed by atoms with Gasteiger partial charge in [-0.1, -0.05) is 34.8 Å². The third-order valence-corrected chi connectivity index (χ3v) is 3.56. The van der Waals surface area contributed by atoms with Crippen molar-refractivity contribution in [2.45, 2.75) is 0 Å². The van der Waals surface area contributed by atoms with E-state index in [9.17, 15) is 9.59 Å². The van der Waals surface area contributed by atoms with Crippen LogP contribution in [0.4, 0.5) is 0 Å². The first-order chi connectivity index (χ1) is 10.5. The Morgan fingerprint density at radius 1 is 1.09 bits per heavy atom. The molecule has 0 unspecified atom stereocenters. The fraction of sp³-hybridized carbons (Fsp3) is 0.0667. The van der Waals surface area contributed by atoms with E-state index in [1.165, 1.54) is 37.4 Å². The van der Waals surface area contributed by atoms with Gasteiger partial charge in [-0.15, -0.1) is 0 Å². The number of carbonyl (C=O) groups is 2. The molecule has 2 aromatic rings. The van der Waals surface area contributed by atoms with Crippen LogP contribution >= 0.6 is 34.8 Å². The minimum absolute atomic E-state index is 0.00535. The second kappa shape index (κ2) is 7.01. The summed E-state index contributed by atoms with van der Waals surface area (Å²) in [4.78, 5) is 23.0. The van der Waals surface area contributed by atoms with Crippen molar-refractivity contribution in [2.75, 3.05) is 7.11 Å². The summed E-state index contributed by atoms with van der Waals surface area (Å²) in [7, 11) is 1.37. The molecule has 0 aliphatic rings. The lowest BCUT2D eigenvalue weighted by Gasteiger charge is -2.12. The highest BCUT2D eigenvalue weighted by molar-refractivity contribution is 6.36. The molecule has 4 nitrogen and oxygen atoms in total. The minimum atomic E-state index is -0.722. The van der Waals surface area contributed by atoms with Gasteiger partial charge >= 0.3 is 5.97 Å². The number of hydrogen-bond donors (Lipinski definition) is 0. The predicted octanol–water partition coefficient (Wildman–Crippen LogP) is 4.69. The van der Waals surface area contributed by atoms with Crippen molar-refractivity contribution in [3.8, 4) is 11.5 Å². The van der Waals surface area contributed by atoms with Crippen LogP contribution in [0.3, 0.4) is 0 Å². The van der Waals surface area contributed by atoms with Crippen molar-refractivity contribution in [1.29, 1.82) is 0 Å². The molecular formula is C15H9Cl3O4. The number of ether oxygens (including phenoxy) is 2. The average molecular weight is 360 g/mol. The maximum atomic E-state index is 12.2. The Labute approximate surface area is 141 Å². The molecule has 0 aliphatic heterocycles. The largest absolute Gasteiger partial charge is 0.493 e. The number of hydrogen-bond acceptors (Lipinski definition) is 4. The molecule has 0 spiro atoms. The van der Waals surface area contributed by atoms with E-state index in [4.69, 9.17) is 44.3 Å². The molecule has 0 aliphatic carbocycles. The summed E-state index contributed by atoms with van der Waals surface area (Å²) in [5.41, 5.74) is 0.426. The van der Waals surface area contributed by atoms with E-state index in [1.54, 1.807) is 0 Å². The molecule has 0 saturated heterocycles. The van der Waals surface area contributed by atoms with Gasteiger partial charge in [-0.2, -0.15) is 0 Å². The Balaban J connectivity index is 2.37. The topological polar surface area (TPSA) is 52.6 Å². The molecular weight excluding hydrogens is 351 g/mol. The lowest BCUT2D eigenvalue weighted by Crippen LogP contribution is -2.10. The number of halogens is 3. The van der Waals surface area contributed by atoms with E-state index in [1.807, 2.05) is 0 Å². The van der Waals surface area contributed by atoms with Crippen LogP contribution in [0.15, 0.2) is 30.3 Å². The second-order valence-corrected chi connectivity index (χ2v) is 5.42. The number of benzene rings is 2. The molecule has 0 N–H and O–H groups in total. The van der Waals surface area contributed by atoms with Gasteiger partial charge in [0.2, 0.25) is 0 Å². The summed E-state index contributed by atoms with van der Waals surface area (Å²) in [5.74, 6) is -0.556. The van der Waals surface area contributed by atoms with Crippen LogP contribution < -0.4 is 9.47 Å². The average Bonchev–Trinajstić information content (AvgIpc) is 2.48. The van der Waals surface area contributed by atoms with Gasteiger partial charge in [-0.05, 0) is 30.3 Å². The van der Waals surface area contributed by atoms with Gasteiger partial charge in [0.25, 0.3) is 0 Å². The van der Waals surface area contributed by atoms with Crippen molar-refractivity contribution in [3.63, 3.8) is 0 Å². The minimum Gasteiger partial charge on any atom is -0.493 e. The Kier molecular flexibility index (Phi) is 5.29. The first kappa shape index (κ1) is 16.6. The number of rotatable bonds is 4. The van der Waals surface area contributed by atoms with Crippen LogP contribution in [-0.4, -0.2) is 19.4 Å². The summed E-state index contributed by atoms with van der Waals surface area (Å²) in [5, 5.41) is 0.615. The second-order valence-electron chi connectivity index (χ2n) is 4.17. The fourth-order valence-electron chi connectivity index (χ4n) is 1.71. The van der Waals surface area contributed by atoms with Crippen molar-refractivity contribution < 1.29 is 19.1 Å². The number of esters is 1. The molecule has 2 aromatic carbocycles. The van der Waals surface area contributed by atoms with Gasteiger partial charge in [0, 0.05) is 10.6 Å². The van der Waals surface area contributed by atoms with Crippen LogP contribution in [0.2, 0.25) is 15.1 Å². The molecule has 0 radical (unpaired) electrons. The molecule has 0 amide bonds. The molecule has 0 atom stereocenters. The smallest absolute Gasteiger partial charge is 0.345 e. The summed E-state index contributed by atoms with van der Waals surface area (Å²) in [6.07, 6.45) is 0.607. The Hall–Kier alpha value is -1.75. The predicted molar refractivity (Wildman–Crippen MR) is 84.8 cm³/mol. The number of aldehydes is 1. The van der Waals surface area contributed by atoms with Crippen molar-refractivity contribution >= 4 is 47.1 Å². The van der Waals surface area contributed by atoms with E-state index in [2.05, 4.69) is 0 Å². The van der Waals surface area contributed by atoms with Crippen LogP contribution in [0.25, 0.3) is 0 Å². The third kappa shape index (κ3) is 3.53. The first-order valence-electron chi connectivity index (χ1n) is 5.96. The summed E-state index contributed by atoms with van der Waals surface area (Å²) >= 11 is 17.8. The highest BCUT2D eigenvalue weighted by Crippen LogP contribution is 2.37. The van der Waals surface area contributed by atoms with Crippen molar-refractivity contribution in [3.05, 3.63) is 56.5 Å². The third-order valence-electron chi connectivity index (χ3n) is 2.73. The SMILES string of the molecule is COc1cc(C=O)cc(Cl)c1OC(=O)c1ccc(Cl)cc1Cl. The zero-order valence-corrected chi connectivity index (χ0v) is 13.5. The van der Waals surface area contributed by atoms with Gasteiger partial charge < -0.3 is 9.47 Å². The summed E-state index contributed by atoms with van der Waals surface area (Å²) < 4.78 is 10.3. The van der Waals surface area contributed by atoms with Gasteiger partial charge in [0.15, 0.2) is 11.5 Å². The first-order valence-corrected chi connectivity index (χ1v) is 7.09. The van der Waals surface area contributed by atoms with E-state index in [0.29, 0.717) is 16.9 Å². The maximum Gasteiger partial charge on any atom is 0.345 e. The van der Waals surface area contributed by atoms with E-state index in [-0.39, 0.29) is 27.1 Å². The van der Waals surface area contributed by atoms with Gasteiger partial charge in [-0.3, -0.25) is 4.79 Å². The lowest BCUT2D eigenvalue weighted by atomic mass is 10.2. The van der Waals surface area contributed by atoms with Crippen LogP contribution in [0, 0.1) is 0 Å². The maximum absolute atomic E-state index is 12.2. The Morgan fingerprint density at radius 3 is 2.41 bits per heavy atom. The zero-order chi connectivity index (χ0) is 16.3. The normalized spacial score (nSPS) is 10.2. The highest BCUT2D eigenvalue weighted by atomic mass is 35.5. The van der Waals surface area contributed by atoms with Crippen molar-refractivity contribution in [1.82, 2.24) is 0 Å². The van der Waals surface area contributed by atoms with E-state index >= 15 is 0 Å². The summed E-state index contributed by atoms with van der Waals surface area (Å²) in [6, 6.07) is 7.15. The Morgan fingerprint density at radius 2 is 1.82 bits per heavy atom. The molecule has 0 heterocycles. The summed E-state index contributed by atoms with van der Waals surface area (Å²) in [6.45, 7) is 0. The highest BCUT2D eigenvalue weighted by Gasteiger charge is 2.19. The fourth-order valence-corrected chi connectivity index (χ4v) is 2.45. The molecule has 2 rings (SSSR count). The molecule has 0 saturated carbocycles. The molecule has 0 bridgehead atoms. The molecule has 0 fully saturated rings. The molecule has 22 heavy (non-hydrogen) atoms.